The largest absolute Gasteiger partial charge is 0.481 e. The number of carbonyl (C=O) groups is 2. The van der Waals surface area contributed by atoms with Crippen molar-refractivity contribution in [1.82, 2.24) is 10.2 Å². The summed E-state index contributed by atoms with van der Waals surface area (Å²) in [4.78, 5) is 25.3. The number of nitrogens with one attached hydrogen (secondary N) is 1. The SMILES string of the molecule is CC1CCCNC1C(=O)N1CCC(C)(C(=O)O)C1. The summed E-state index contributed by atoms with van der Waals surface area (Å²) in [5, 5.41) is 12.4. The minimum atomic E-state index is -0.803. The number of carboxylic acids is 1. The lowest BCUT2D eigenvalue weighted by atomic mass is 9.90. The van der Waals surface area contributed by atoms with Gasteiger partial charge in [-0.2, -0.15) is 0 Å². The molecule has 102 valence electrons. The van der Waals surface area contributed by atoms with E-state index in [1.165, 1.54) is 0 Å². The molecule has 2 aliphatic rings. The average molecular weight is 254 g/mol. The van der Waals surface area contributed by atoms with Crippen molar-refractivity contribution in [3.05, 3.63) is 0 Å². The van der Waals surface area contributed by atoms with Crippen molar-refractivity contribution in [3.8, 4) is 0 Å². The molecule has 0 aliphatic carbocycles. The molecule has 2 saturated heterocycles. The molecule has 0 aromatic carbocycles. The van der Waals surface area contributed by atoms with Crippen molar-refractivity contribution in [3.63, 3.8) is 0 Å². The second kappa shape index (κ2) is 4.88. The maximum Gasteiger partial charge on any atom is 0.311 e. The topological polar surface area (TPSA) is 69.6 Å². The Kier molecular flexibility index (Phi) is 3.61. The normalized spacial score (nSPS) is 36.7. The Morgan fingerprint density at radius 2 is 2.17 bits per heavy atom. The number of hydrogen-bond acceptors (Lipinski definition) is 3. The van der Waals surface area contributed by atoms with Crippen molar-refractivity contribution in [2.24, 2.45) is 11.3 Å². The highest BCUT2D eigenvalue weighted by atomic mass is 16.4. The first kappa shape index (κ1) is 13.3. The molecule has 1 amide bonds. The van der Waals surface area contributed by atoms with Gasteiger partial charge in [0.05, 0.1) is 11.5 Å². The van der Waals surface area contributed by atoms with Crippen molar-refractivity contribution in [2.75, 3.05) is 19.6 Å². The third kappa shape index (κ3) is 2.36. The minimum Gasteiger partial charge on any atom is -0.481 e. The molecule has 0 bridgehead atoms. The molecule has 18 heavy (non-hydrogen) atoms. The van der Waals surface area contributed by atoms with Crippen molar-refractivity contribution < 1.29 is 14.7 Å². The van der Waals surface area contributed by atoms with Gasteiger partial charge in [-0.1, -0.05) is 6.92 Å². The van der Waals surface area contributed by atoms with Crippen LogP contribution in [0.1, 0.15) is 33.1 Å². The predicted octanol–water partition coefficient (Wildman–Crippen LogP) is 0.698. The van der Waals surface area contributed by atoms with Crippen molar-refractivity contribution in [1.29, 1.82) is 0 Å². The van der Waals surface area contributed by atoms with Gasteiger partial charge in [0.25, 0.3) is 0 Å². The van der Waals surface area contributed by atoms with Crippen LogP contribution in [-0.2, 0) is 9.59 Å². The molecule has 0 saturated carbocycles. The smallest absolute Gasteiger partial charge is 0.311 e. The van der Waals surface area contributed by atoms with E-state index in [1.54, 1.807) is 11.8 Å². The van der Waals surface area contributed by atoms with E-state index in [2.05, 4.69) is 12.2 Å². The Hall–Kier alpha value is -1.10. The minimum absolute atomic E-state index is 0.0761. The predicted molar refractivity (Wildman–Crippen MR) is 67.1 cm³/mol. The molecule has 3 unspecified atom stereocenters. The number of piperidine rings is 1. The molecule has 2 aliphatic heterocycles. The molecular formula is C13H22N2O3. The van der Waals surface area contributed by atoms with Crippen LogP contribution in [-0.4, -0.2) is 47.6 Å². The molecule has 2 heterocycles. The van der Waals surface area contributed by atoms with E-state index >= 15 is 0 Å². The van der Waals surface area contributed by atoms with E-state index in [0.717, 1.165) is 19.4 Å². The maximum atomic E-state index is 12.4. The fraction of sp³-hybridized carbons (Fsp3) is 0.846. The number of carbonyl (C=O) groups excluding carboxylic acids is 1. The fourth-order valence-electron chi connectivity index (χ4n) is 2.90. The Morgan fingerprint density at radius 3 is 2.72 bits per heavy atom. The molecule has 2 fully saturated rings. The number of likely N-dealkylation sites (tertiary alicyclic amines) is 1. The van der Waals surface area contributed by atoms with Crippen LogP contribution in [0.2, 0.25) is 0 Å². The standard InChI is InChI=1S/C13H22N2O3/c1-9-4-3-6-14-10(9)11(16)15-7-5-13(2,8-15)12(17)18/h9-10,14H,3-8H2,1-2H3,(H,17,18). The highest BCUT2D eigenvalue weighted by Gasteiger charge is 2.44. The van der Waals surface area contributed by atoms with E-state index in [9.17, 15) is 14.7 Å². The van der Waals surface area contributed by atoms with Crippen LogP contribution < -0.4 is 5.32 Å². The molecule has 3 atom stereocenters. The van der Waals surface area contributed by atoms with Crippen LogP contribution in [0.5, 0.6) is 0 Å². The molecule has 5 heteroatoms. The summed E-state index contributed by atoms with van der Waals surface area (Å²) in [6, 6.07) is -0.130. The van der Waals surface area contributed by atoms with E-state index in [0.29, 0.717) is 25.4 Å². The number of hydrogen-bond donors (Lipinski definition) is 2. The van der Waals surface area contributed by atoms with Gasteiger partial charge in [-0.25, -0.2) is 0 Å². The Morgan fingerprint density at radius 1 is 1.44 bits per heavy atom. The Balaban J connectivity index is 2.01. The average Bonchev–Trinajstić information content (AvgIpc) is 2.73. The molecule has 2 N–H and O–H groups in total. The molecule has 0 aromatic rings. The zero-order valence-electron chi connectivity index (χ0n) is 11.1. The summed E-state index contributed by atoms with van der Waals surface area (Å²) in [6.07, 6.45) is 2.72. The Bertz CT molecular complexity index is 358. The van der Waals surface area contributed by atoms with Gasteiger partial charge in [0.2, 0.25) is 5.91 Å². The summed E-state index contributed by atoms with van der Waals surface area (Å²) in [7, 11) is 0. The van der Waals surface area contributed by atoms with Crippen LogP contribution in [0.3, 0.4) is 0 Å². The van der Waals surface area contributed by atoms with Gasteiger partial charge < -0.3 is 15.3 Å². The van der Waals surface area contributed by atoms with Gasteiger partial charge in [0, 0.05) is 13.1 Å². The summed E-state index contributed by atoms with van der Waals surface area (Å²) < 4.78 is 0. The Labute approximate surface area is 108 Å². The lowest BCUT2D eigenvalue weighted by Crippen LogP contribution is -2.52. The van der Waals surface area contributed by atoms with Crippen LogP contribution in [0, 0.1) is 11.3 Å². The number of aliphatic carboxylic acids is 1. The third-order valence-electron chi connectivity index (χ3n) is 4.34. The van der Waals surface area contributed by atoms with E-state index in [1.807, 2.05) is 0 Å². The number of rotatable bonds is 2. The molecule has 0 spiro atoms. The quantitative estimate of drug-likeness (QED) is 0.761. The van der Waals surface area contributed by atoms with Gasteiger partial charge >= 0.3 is 5.97 Å². The molecule has 0 radical (unpaired) electrons. The van der Waals surface area contributed by atoms with Crippen molar-refractivity contribution in [2.45, 2.75) is 39.2 Å². The highest BCUT2D eigenvalue weighted by molar-refractivity contribution is 5.84. The molecular weight excluding hydrogens is 232 g/mol. The number of amides is 1. The summed E-state index contributed by atoms with van der Waals surface area (Å²) >= 11 is 0. The van der Waals surface area contributed by atoms with Gasteiger partial charge in [0.15, 0.2) is 0 Å². The van der Waals surface area contributed by atoms with Crippen LogP contribution in [0.25, 0.3) is 0 Å². The molecule has 5 nitrogen and oxygen atoms in total. The molecule has 0 aromatic heterocycles. The molecule has 2 rings (SSSR count). The second-order valence-electron chi connectivity index (χ2n) is 5.93. The van der Waals surface area contributed by atoms with Crippen molar-refractivity contribution >= 4 is 11.9 Å². The van der Waals surface area contributed by atoms with Gasteiger partial charge in [-0.3, -0.25) is 9.59 Å². The number of carboxylic acid groups (broad SMARTS) is 1. The van der Waals surface area contributed by atoms with Crippen LogP contribution in [0.15, 0.2) is 0 Å². The van der Waals surface area contributed by atoms with Gasteiger partial charge in [0.1, 0.15) is 0 Å². The van der Waals surface area contributed by atoms with E-state index in [-0.39, 0.29) is 11.9 Å². The van der Waals surface area contributed by atoms with E-state index in [4.69, 9.17) is 0 Å². The van der Waals surface area contributed by atoms with E-state index < -0.39 is 11.4 Å². The first-order valence-electron chi connectivity index (χ1n) is 6.69. The fourth-order valence-corrected chi connectivity index (χ4v) is 2.90. The first-order chi connectivity index (χ1) is 8.44. The highest BCUT2D eigenvalue weighted by Crippen LogP contribution is 2.31. The third-order valence-corrected chi connectivity index (χ3v) is 4.34. The lowest BCUT2D eigenvalue weighted by Gasteiger charge is -2.32. The monoisotopic (exact) mass is 254 g/mol. The summed E-state index contributed by atoms with van der Waals surface area (Å²) in [6.45, 7) is 5.59. The zero-order chi connectivity index (χ0) is 13.3. The zero-order valence-corrected chi connectivity index (χ0v) is 11.1. The number of nitrogens with zero attached hydrogens (tertiary/aromatic N) is 1. The lowest BCUT2D eigenvalue weighted by molar-refractivity contribution is -0.147. The maximum absolute atomic E-state index is 12.4. The summed E-state index contributed by atoms with van der Waals surface area (Å²) in [5.74, 6) is -0.391. The van der Waals surface area contributed by atoms with Gasteiger partial charge in [-0.15, -0.1) is 0 Å². The first-order valence-corrected chi connectivity index (χ1v) is 6.69. The van der Waals surface area contributed by atoms with Crippen LogP contribution >= 0.6 is 0 Å². The second-order valence-corrected chi connectivity index (χ2v) is 5.93. The summed E-state index contributed by atoms with van der Waals surface area (Å²) in [5.41, 5.74) is -0.770. The van der Waals surface area contributed by atoms with Gasteiger partial charge in [-0.05, 0) is 38.6 Å². The van der Waals surface area contributed by atoms with Crippen LogP contribution in [0.4, 0.5) is 0 Å².